The van der Waals surface area contributed by atoms with E-state index >= 15 is 0 Å². The van der Waals surface area contributed by atoms with Crippen molar-refractivity contribution >= 4 is 27.5 Å². The van der Waals surface area contributed by atoms with Crippen molar-refractivity contribution in [2.75, 3.05) is 6.54 Å². The molecule has 1 aromatic heterocycles. The van der Waals surface area contributed by atoms with Gasteiger partial charge in [0, 0.05) is 16.9 Å². The number of rotatable bonds is 4. The fourth-order valence-electron chi connectivity index (χ4n) is 1.35. The molecule has 0 saturated carbocycles. The van der Waals surface area contributed by atoms with Crippen LogP contribution in [0.25, 0.3) is 0 Å². The SMILES string of the molecule is NCCc1cnc(Oc2cc(Br)ccc2Cl)nc1. The Labute approximate surface area is 118 Å². The first kappa shape index (κ1) is 13.3. The number of hydrogen-bond acceptors (Lipinski definition) is 4. The van der Waals surface area contributed by atoms with Gasteiger partial charge in [0.15, 0.2) is 5.75 Å². The maximum Gasteiger partial charge on any atom is 0.321 e. The number of ether oxygens (including phenoxy) is 1. The van der Waals surface area contributed by atoms with Gasteiger partial charge < -0.3 is 10.5 Å². The van der Waals surface area contributed by atoms with Crippen LogP contribution in [0.3, 0.4) is 0 Å². The van der Waals surface area contributed by atoms with E-state index in [1.807, 2.05) is 6.07 Å². The van der Waals surface area contributed by atoms with E-state index in [0.29, 0.717) is 17.3 Å². The van der Waals surface area contributed by atoms with Crippen LogP contribution in [0.1, 0.15) is 5.56 Å². The Balaban J connectivity index is 2.15. The van der Waals surface area contributed by atoms with E-state index in [0.717, 1.165) is 16.5 Å². The summed E-state index contributed by atoms with van der Waals surface area (Å²) in [6.45, 7) is 0.570. The summed E-state index contributed by atoms with van der Waals surface area (Å²) in [5, 5.41) is 0.507. The molecular formula is C12H11BrClN3O. The lowest BCUT2D eigenvalue weighted by Crippen LogP contribution is -2.03. The number of aromatic nitrogens is 2. The minimum Gasteiger partial charge on any atom is -0.423 e. The predicted octanol–water partition coefficient (Wildman–Crippen LogP) is 3.19. The highest BCUT2D eigenvalue weighted by Gasteiger charge is 2.06. The summed E-state index contributed by atoms with van der Waals surface area (Å²) >= 11 is 9.36. The largest absolute Gasteiger partial charge is 0.423 e. The molecule has 0 unspecified atom stereocenters. The predicted molar refractivity (Wildman–Crippen MR) is 74.0 cm³/mol. The molecule has 0 aliphatic carbocycles. The average molecular weight is 329 g/mol. The molecule has 1 heterocycles. The van der Waals surface area contributed by atoms with E-state index in [-0.39, 0.29) is 6.01 Å². The van der Waals surface area contributed by atoms with Crippen molar-refractivity contribution < 1.29 is 4.74 Å². The van der Waals surface area contributed by atoms with Gasteiger partial charge in [-0.05, 0) is 36.7 Å². The van der Waals surface area contributed by atoms with Gasteiger partial charge in [0.2, 0.25) is 0 Å². The van der Waals surface area contributed by atoms with Gasteiger partial charge in [0.1, 0.15) is 0 Å². The second-order valence-corrected chi connectivity index (χ2v) is 4.91. The first-order valence-electron chi connectivity index (χ1n) is 5.33. The van der Waals surface area contributed by atoms with Gasteiger partial charge in [-0.1, -0.05) is 27.5 Å². The lowest BCUT2D eigenvalue weighted by molar-refractivity contribution is 0.441. The standard InChI is InChI=1S/C12H11BrClN3O/c13-9-1-2-10(14)11(5-9)18-12-16-6-8(3-4-15)7-17-12/h1-2,5-7H,3-4,15H2. The topological polar surface area (TPSA) is 61.0 Å². The number of nitrogens with zero attached hydrogens (tertiary/aromatic N) is 2. The lowest BCUT2D eigenvalue weighted by Gasteiger charge is -2.06. The maximum atomic E-state index is 6.01. The van der Waals surface area contributed by atoms with Crippen molar-refractivity contribution in [2.45, 2.75) is 6.42 Å². The third kappa shape index (κ3) is 3.41. The second kappa shape index (κ2) is 6.13. The van der Waals surface area contributed by atoms with Crippen molar-refractivity contribution in [3.63, 3.8) is 0 Å². The monoisotopic (exact) mass is 327 g/mol. The van der Waals surface area contributed by atoms with Gasteiger partial charge in [-0.25, -0.2) is 9.97 Å². The Kier molecular flexibility index (Phi) is 4.52. The van der Waals surface area contributed by atoms with Crippen molar-refractivity contribution in [2.24, 2.45) is 5.73 Å². The molecule has 0 atom stereocenters. The smallest absolute Gasteiger partial charge is 0.321 e. The van der Waals surface area contributed by atoms with E-state index in [2.05, 4.69) is 25.9 Å². The molecule has 4 nitrogen and oxygen atoms in total. The maximum absolute atomic E-state index is 6.01. The van der Waals surface area contributed by atoms with Gasteiger partial charge in [0.05, 0.1) is 5.02 Å². The summed E-state index contributed by atoms with van der Waals surface area (Å²) in [5.74, 6) is 0.512. The van der Waals surface area contributed by atoms with E-state index in [4.69, 9.17) is 22.1 Å². The van der Waals surface area contributed by atoms with Gasteiger partial charge >= 0.3 is 6.01 Å². The van der Waals surface area contributed by atoms with Gasteiger partial charge in [-0.2, -0.15) is 0 Å². The molecule has 0 bridgehead atoms. The van der Waals surface area contributed by atoms with E-state index in [1.165, 1.54) is 0 Å². The van der Waals surface area contributed by atoms with Crippen LogP contribution in [0.4, 0.5) is 0 Å². The molecule has 0 spiro atoms. The zero-order valence-electron chi connectivity index (χ0n) is 9.44. The number of nitrogens with two attached hydrogens (primary N) is 1. The van der Waals surface area contributed by atoms with Crippen LogP contribution in [0.5, 0.6) is 11.8 Å². The quantitative estimate of drug-likeness (QED) is 0.936. The molecule has 2 aromatic rings. The zero-order valence-corrected chi connectivity index (χ0v) is 11.8. The molecule has 2 rings (SSSR count). The fourth-order valence-corrected chi connectivity index (χ4v) is 1.84. The molecule has 18 heavy (non-hydrogen) atoms. The van der Waals surface area contributed by atoms with E-state index in [1.54, 1.807) is 24.5 Å². The molecule has 0 radical (unpaired) electrons. The molecule has 6 heteroatoms. The Hall–Kier alpha value is -1.17. The molecular weight excluding hydrogens is 318 g/mol. The van der Waals surface area contributed by atoms with E-state index < -0.39 is 0 Å². The first-order valence-corrected chi connectivity index (χ1v) is 6.50. The van der Waals surface area contributed by atoms with Gasteiger partial charge in [0.25, 0.3) is 0 Å². The molecule has 0 fully saturated rings. The van der Waals surface area contributed by atoms with Crippen LogP contribution in [-0.2, 0) is 6.42 Å². The molecule has 0 saturated heterocycles. The summed E-state index contributed by atoms with van der Waals surface area (Å²) in [5.41, 5.74) is 6.43. The van der Waals surface area contributed by atoms with Crippen LogP contribution in [0, 0.1) is 0 Å². The summed E-state index contributed by atoms with van der Waals surface area (Å²) in [7, 11) is 0. The highest BCUT2D eigenvalue weighted by atomic mass is 79.9. The van der Waals surface area contributed by atoms with Gasteiger partial charge in [-0.15, -0.1) is 0 Å². The summed E-state index contributed by atoms with van der Waals surface area (Å²) < 4.78 is 6.38. The molecule has 2 N–H and O–H groups in total. The van der Waals surface area contributed by atoms with Crippen LogP contribution < -0.4 is 10.5 Å². The van der Waals surface area contributed by atoms with Crippen LogP contribution >= 0.6 is 27.5 Å². The van der Waals surface area contributed by atoms with Crippen molar-refractivity contribution in [3.8, 4) is 11.8 Å². The molecule has 0 aliphatic rings. The Morgan fingerprint density at radius 2 is 2.00 bits per heavy atom. The zero-order chi connectivity index (χ0) is 13.0. The van der Waals surface area contributed by atoms with Crippen LogP contribution in [0.15, 0.2) is 35.1 Å². The Morgan fingerprint density at radius 3 is 2.67 bits per heavy atom. The average Bonchev–Trinajstić information content (AvgIpc) is 2.37. The summed E-state index contributed by atoms with van der Waals surface area (Å²) in [4.78, 5) is 8.20. The molecule has 0 amide bonds. The first-order chi connectivity index (χ1) is 8.69. The Morgan fingerprint density at radius 1 is 1.28 bits per heavy atom. The highest BCUT2D eigenvalue weighted by Crippen LogP contribution is 2.30. The second-order valence-electron chi connectivity index (χ2n) is 3.59. The van der Waals surface area contributed by atoms with Gasteiger partial charge in [-0.3, -0.25) is 0 Å². The molecule has 94 valence electrons. The third-order valence-electron chi connectivity index (χ3n) is 2.21. The highest BCUT2D eigenvalue weighted by molar-refractivity contribution is 9.10. The summed E-state index contributed by atoms with van der Waals surface area (Å²) in [6, 6.07) is 5.60. The van der Waals surface area contributed by atoms with E-state index in [9.17, 15) is 0 Å². The van der Waals surface area contributed by atoms with Crippen LogP contribution in [0.2, 0.25) is 5.02 Å². The minimum absolute atomic E-state index is 0.260. The minimum atomic E-state index is 0.260. The van der Waals surface area contributed by atoms with Crippen LogP contribution in [-0.4, -0.2) is 16.5 Å². The lowest BCUT2D eigenvalue weighted by atomic mass is 10.2. The number of benzene rings is 1. The molecule has 0 aliphatic heterocycles. The van der Waals surface area contributed by atoms with Crippen molar-refractivity contribution in [3.05, 3.63) is 45.7 Å². The summed E-state index contributed by atoms with van der Waals surface area (Å²) in [6.07, 6.45) is 4.14. The van der Waals surface area contributed by atoms with Crippen molar-refractivity contribution in [1.29, 1.82) is 0 Å². The van der Waals surface area contributed by atoms with Crippen molar-refractivity contribution in [1.82, 2.24) is 9.97 Å². The molecule has 1 aromatic carbocycles. The normalized spacial score (nSPS) is 10.4. The third-order valence-corrected chi connectivity index (χ3v) is 3.01. The fraction of sp³-hybridized carbons (Fsp3) is 0.167. The Bertz CT molecular complexity index is 533. The number of hydrogen-bond donors (Lipinski definition) is 1. The number of halogens is 2.